The van der Waals surface area contributed by atoms with Gasteiger partial charge in [0.1, 0.15) is 6.04 Å². The Balaban J connectivity index is 2.07. The fraction of sp³-hybridized carbons (Fsp3) is 0.500. The summed E-state index contributed by atoms with van der Waals surface area (Å²) in [6.07, 6.45) is 1.51. The number of halogens is 1. The first kappa shape index (κ1) is 16.0. The number of carbonyl (C=O) groups excluding carboxylic acids is 2. The van der Waals surface area contributed by atoms with Crippen molar-refractivity contribution in [3.8, 4) is 0 Å². The van der Waals surface area contributed by atoms with E-state index in [0.29, 0.717) is 31.1 Å². The molecule has 0 bridgehead atoms. The van der Waals surface area contributed by atoms with Gasteiger partial charge in [-0.2, -0.15) is 0 Å². The van der Waals surface area contributed by atoms with Gasteiger partial charge in [0.15, 0.2) is 0 Å². The Hall–Kier alpha value is -1.36. The topological polar surface area (TPSA) is 46.6 Å². The molecule has 0 aromatic heterocycles. The van der Waals surface area contributed by atoms with E-state index in [1.807, 2.05) is 26.0 Å². The highest BCUT2D eigenvalue weighted by Gasteiger charge is 2.35. The van der Waals surface area contributed by atoms with Crippen LogP contribution in [0.15, 0.2) is 28.7 Å². The molecular weight excluding hydrogens is 334 g/mol. The summed E-state index contributed by atoms with van der Waals surface area (Å²) in [7, 11) is 0. The summed E-state index contributed by atoms with van der Waals surface area (Å²) in [6, 6.07) is 6.78. The standard InChI is InChI=1S/C16H20BrNO3/c1-11(2)10-21-16(20)14-7-4-8-18(14)15(19)12-5-3-6-13(17)9-12/h3,5-6,9,11,14H,4,7-8,10H2,1-2H3. The minimum atomic E-state index is -0.449. The minimum Gasteiger partial charge on any atom is -0.464 e. The van der Waals surface area contributed by atoms with Crippen LogP contribution in [0.2, 0.25) is 0 Å². The van der Waals surface area contributed by atoms with E-state index in [-0.39, 0.29) is 11.9 Å². The normalized spacial score (nSPS) is 18.1. The Morgan fingerprint density at radius 2 is 2.19 bits per heavy atom. The molecule has 1 aromatic carbocycles. The molecule has 21 heavy (non-hydrogen) atoms. The fourth-order valence-electron chi connectivity index (χ4n) is 2.39. The van der Waals surface area contributed by atoms with E-state index in [9.17, 15) is 9.59 Å². The van der Waals surface area contributed by atoms with E-state index in [4.69, 9.17) is 4.74 Å². The lowest BCUT2D eigenvalue weighted by Gasteiger charge is -2.23. The zero-order valence-corrected chi connectivity index (χ0v) is 13.9. The number of esters is 1. The largest absolute Gasteiger partial charge is 0.464 e. The first-order valence-corrected chi connectivity index (χ1v) is 8.01. The fourth-order valence-corrected chi connectivity index (χ4v) is 2.79. The van der Waals surface area contributed by atoms with Crippen molar-refractivity contribution < 1.29 is 14.3 Å². The molecule has 5 heteroatoms. The molecule has 1 heterocycles. The monoisotopic (exact) mass is 353 g/mol. The van der Waals surface area contributed by atoms with Gasteiger partial charge in [0.05, 0.1) is 6.61 Å². The van der Waals surface area contributed by atoms with Crippen molar-refractivity contribution in [2.75, 3.05) is 13.2 Å². The van der Waals surface area contributed by atoms with Crippen LogP contribution in [0.4, 0.5) is 0 Å². The van der Waals surface area contributed by atoms with Gasteiger partial charge >= 0.3 is 5.97 Å². The molecule has 1 amide bonds. The second kappa shape index (κ2) is 7.07. The summed E-state index contributed by atoms with van der Waals surface area (Å²) in [6.45, 7) is 4.99. The smallest absolute Gasteiger partial charge is 0.328 e. The molecule has 0 aliphatic carbocycles. The maximum absolute atomic E-state index is 12.5. The van der Waals surface area contributed by atoms with Crippen molar-refractivity contribution in [1.29, 1.82) is 0 Å². The molecule has 1 aliphatic rings. The van der Waals surface area contributed by atoms with E-state index >= 15 is 0 Å². The first-order valence-electron chi connectivity index (χ1n) is 7.22. The van der Waals surface area contributed by atoms with Crippen LogP contribution in [0.25, 0.3) is 0 Å². The van der Waals surface area contributed by atoms with Crippen LogP contribution >= 0.6 is 15.9 Å². The van der Waals surface area contributed by atoms with E-state index in [1.54, 1.807) is 17.0 Å². The van der Waals surface area contributed by atoms with Gasteiger partial charge in [0.2, 0.25) is 0 Å². The predicted octanol–water partition coefficient (Wildman–Crippen LogP) is 3.25. The van der Waals surface area contributed by atoms with Crippen LogP contribution in [0.3, 0.4) is 0 Å². The summed E-state index contributed by atoms with van der Waals surface area (Å²) in [5, 5.41) is 0. The Morgan fingerprint density at radius 1 is 1.43 bits per heavy atom. The van der Waals surface area contributed by atoms with E-state index in [0.717, 1.165) is 10.9 Å². The second-order valence-corrected chi connectivity index (χ2v) is 6.61. The average molecular weight is 354 g/mol. The van der Waals surface area contributed by atoms with Gasteiger partial charge in [0.25, 0.3) is 5.91 Å². The number of carbonyl (C=O) groups is 2. The number of rotatable bonds is 4. The van der Waals surface area contributed by atoms with Crippen LogP contribution < -0.4 is 0 Å². The molecule has 1 aliphatic heterocycles. The van der Waals surface area contributed by atoms with Crippen molar-refractivity contribution in [1.82, 2.24) is 4.90 Å². The SMILES string of the molecule is CC(C)COC(=O)C1CCCN1C(=O)c1cccc(Br)c1. The van der Waals surface area contributed by atoms with E-state index in [1.165, 1.54) is 0 Å². The lowest BCUT2D eigenvalue weighted by molar-refractivity contribution is -0.149. The molecule has 2 rings (SSSR count). The lowest BCUT2D eigenvalue weighted by atomic mass is 10.1. The van der Waals surface area contributed by atoms with Gasteiger partial charge < -0.3 is 9.64 Å². The number of ether oxygens (including phenoxy) is 1. The zero-order chi connectivity index (χ0) is 15.4. The van der Waals surface area contributed by atoms with Gasteiger partial charge in [-0.1, -0.05) is 35.8 Å². The van der Waals surface area contributed by atoms with Crippen LogP contribution in [0, 0.1) is 5.92 Å². The van der Waals surface area contributed by atoms with Crippen LogP contribution in [0.1, 0.15) is 37.0 Å². The Bertz CT molecular complexity index is 530. The maximum atomic E-state index is 12.5. The molecule has 1 aromatic rings. The predicted molar refractivity (Wildman–Crippen MR) is 84.0 cm³/mol. The molecule has 1 unspecified atom stereocenters. The third-order valence-corrected chi connectivity index (χ3v) is 3.91. The summed E-state index contributed by atoms with van der Waals surface area (Å²) in [5.41, 5.74) is 0.591. The van der Waals surface area contributed by atoms with Crippen LogP contribution in [-0.2, 0) is 9.53 Å². The Labute approximate surface area is 133 Å². The minimum absolute atomic E-state index is 0.111. The van der Waals surface area contributed by atoms with Gasteiger partial charge in [0, 0.05) is 16.6 Å². The summed E-state index contributed by atoms with van der Waals surface area (Å²) in [5.74, 6) is -0.102. The molecule has 0 saturated carbocycles. The molecule has 1 atom stereocenters. The van der Waals surface area contributed by atoms with Crippen molar-refractivity contribution in [3.05, 3.63) is 34.3 Å². The van der Waals surface area contributed by atoms with Crippen molar-refractivity contribution >= 4 is 27.8 Å². The summed E-state index contributed by atoms with van der Waals surface area (Å²) < 4.78 is 6.14. The summed E-state index contributed by atoms with van der Waals surface area (Å²) in [4.78, 5) is 26.3. The molecule has 0 spiro atoms. The highest BCUT2D eigenvalue weighted by atomic mass is 79.9. The highest BCUT2D eigenvalue weighted by molar-refractivity contribution is 9.10. The van der Waals surface area contributed by atoms with Crippen molar-refractivity contribution in [2.24, 2.45) is 5.92 Å². The number of benzene rings is 1. The maximum Gasteiger partial charge on any atom is 0.328 e. The third kappa shape index (κ3) is 4.06. The van der Waals surface area contributed by atoms with Gasteiger partial charge in [-0.3, -0.25) is 4.79 Å². The van der Waals surface area contributed by atoms with Crippen molar-refractivity contribution in [3.63, 3.8) is 0 Å². The Morgan fingerprint density at radius 3 is 2.86 bits per heavy atom. The first-order chi connectivity index (χ1) is 9.99. The third-order valence-electron chi connectivity index (χ3n) is 3.42. The highest BCUT2D eigenvalue weighted by Crippen LogP contribution is 2.22. The number of hydrogen-bond acceptors (Lipinski definition) is 3. The second-order valence-electron chi connectivity index (χ2n) is 5.69. The quantitative estimate of drug-likeness (QED) is 0.780. The van der Waals surface area contributed by atoms with E-state index < -0.39 is 6.04 Å². The lowest BCUT2D eigenvalue weighted by Crippen LogP contribution is -2.41. The molecule has 1 fully saturated rings. The number of nitrogens with zero attached hydrogens (tertiary/aromatic N) is 1. The molecule has 4 nitrogen and oxygen atoms in total. The van der Waals surface area contributed by atoms with Gasteiger partial charge in [-0.15, -0.1) is 0 Å². The number of hydrogen-bond donors (Lipinski definition) is 0. The molecule has 0 N–H and O–H groups in total. The van der Waals surface area contributed by atoms with Gasteiger partial charge in [-0.25, -0.2) is 4.79 Å². The number of likely N-dealkylation sites (tertiary alicyclic amines) is 1. The number of amides is 1. The van der Waals surface area contributed by atoms with Crippen LogP contribution in [0.5, 0.6) is 0 Å². The molecule has 1 saturated heterocycles. The molecular formula is C16H20BrNO3. The average Bonchev–Trinajstić information content (AvgIpc) is 2.93. The van der Waals surface area contributed by atoms with Gasteiger partial charge in [-0.05, 0) is 37.0 Å². The molecule has 114 valence electrons. The zero-order valence-electron chi connectivity index (χ0n) is 12.3. The van der Waals surface area contributed by atoms with Crippen molar-refractivity contribution in [2.45, 2.75) is 32.7 Å². The summed E-state index contributed by atoms with van der Waals surface area (Å²) >= 11 is 3.36. The van der Waals surface area contributed by atoms with E-state index in [2.05, 4.69) is 15.9 Å². The van der Waals surface area contributed by atoms with Crippen LogP contribution in [-0.4, -0.2) is 36.0 Å². The Kier molecular flexibility index (Phi) is 5.39. The molecule has 0 radical (unpaired) electrons.